The predicted molar refractivity (Wildman–Crippen MR) is 92.8 cm³/mol. The van der Waals surface area contributed by atoms with E-state index in [9.17, 15) is 14.9 Å². The van der Waals surface area contributed by atoms with Crippen molar-refractivity contribution < 1.29 is 9.72 Å². The zero-order valence-electron chi connectivity index (χ0n) is 13.8. The summed E-state index contributed by atoms with van der Waals surface area (Å²) in [5.41, 5.74) is 1.45. The van der Waals surface area contributed by atoms with Crippen molar-refractivity contribution in [3.63, 3.8) is 0 Å². The van der Waals surface area contributed by atoms with Crippen LogP contribution in [0.3, 0.4) is 0 Å². The van der Waals surface area contributed by atoms with Crippen LogP contribution in [-0.2, 0) is 6.54 Å². The minimum absolute atomic E-state index is 0.0523. The van der Waals surface area contributed by atoms with Crippen LogP contribution in [0.15, 0.2) is 49.2 Å². The highest BCUT2D eigenvalue weighted by molar-refractivity contribution is 5.90. The van der Waals surface area contributed by atoms with Crippen molar-refractivity contribution >= 4 is 17.4 Å². The number of pyridine rings is 1. The van der Waals surface area contributed by atoms with E-state index in [0.717, 1.165) is 5.56 Å². The van der Waals surface area contributed by atoms with Gasteiger partial charge in [-0.3, -0.25) is 10.1 Å². The summed E-state index contributed by atoms with van der Waals surface area (Å²) < 4.78 is 1.50. The van der Waals surface area contributed by atoms with E-state index >= 15 is 0 Å². The fourth-order valence-corrected chi connectivity index (χ4v) is 2.39. The second-order valence-corrected chi connectivity index (χ2v) is 5.34. The molecule has 10 heteroatoms. The van der Waals surface area contributed by atoms with Gasteiger partial charge in [0.2, 0.25) is 0 Å². The van der Waals surface area contributed by atoms with Gasteiger partial charge in [-0.25, -0.2) is 19.4 Å². The lowest BCUT2D eigenvalue weighted by Crippen LogP contribution is -2.29. The van der Waals surface area contributed by atoms with Gasteiger partial charge in [-0.1, -0.05) is 12.1 Å². The molecule has 0 saturated heterocycles. The first-order valence-electron chi connectivity index (χ1n) is 7.64. The van der Waals surface area contributed by atoms with Gasteiger partial charge in [0.25, 0.3) is 5.69 Å². The number of nitro groups is 1. The molecule has 0 atom stereocenters. The maximum atomic E-state index is 12.2. The van der Waals surface area contributed by atoms with Gasteiger partial charge in [-0.15, -0.1) is 0 Å². The highest BCUT2D eigenvalue weighted by Crippen LogP contribution is 2.24. The van der Waals surface area contributed by atoms with E-state index in [1.807, 2.05) is 6.07 Å². The number of hydrogen-bond donors (Lipinski definition) is 2. The molecule has 1 aromatic carbocycles. The molecule has 2 heterocycles. The zero-order chi connectivity index (χ0) is 18.5. The zero-order valence-corrected chi connectivity index (χ0v) is 13.8. The molecule has 0 spiro atoms. The molecule has 0 unspecified atom stereocenters. The molecule has 0 aliphatic heterocycles. The van der Waals surface area contributed by atoms with E-state index in [0.29, 0.717) is 17.1 Å². The molecule has 10 nitrogen and oxygen atoms in total. The Hall–Kier alpha value is -3.82. The third-order valence-corrected chi connectivity index (χ3v) is 3.69. The number of nitrogens with zero attached hydrogens (tertiary/aromatic N) is 5. The molecule has 0 fully saturated rings. The van der Waals surface area contributed by atoms with Crippen LogP contribution in [-0.4, -0.2) is 30.7 Å². The van der Waals surface area contributed by atoms with Crippen molar-refractivity contribution in [2.45, 2.75) is 13.5 Å². The fraction of sp³-hybridized carbons (Fsp3) is 0.125. The maximum absolute atomic E-state index is 12.2. The summed E-state index contributed by atoms with van der Waals surface area (Å²) in [6, 6.07) is 7.58. The van der Waals surface area contributed by atoms with Gasteiger partial charge in [-0.2, -0.15) is 5.10 Å². The molecule has 0 radical (unpaired) electrons. The largest absolute Gasteiger partial charge is 0.334 e. The Labute approximate surface area is 148 Å². The topological polar surface area (TPSA) is 128 Å². The number of aromatic nitrogens is 4. The molecular weight excluding hydrogens is 338 g/mol. The van der Waals surface area contributed by atoms with E-state index < -0.39 is 11.0 Å². The quantitative estimate of drug-likeness (QED) is 0.534. The molecule has 3 rings (SSSR count). The number of rotatable bonds is 5. The molecule has 132 valence electrons. The number of amides is 2. The Balaban J connectivity index is 1.70. The van der Waals surface area contributed by atoms with Crippen molar-refractivity contribution in [1.82, 2.24) is 25.1 Å². The van der Waals surface area contributed by atoms with Gasteiger partial charge in [-0.05, 0) is 19.1 Å². The smallest absolute Gasteiger partial charge is 0.319 e. The van der Waals surface area contributed by atoms with Gasteiger partial charge in [0.05, 0.1) is 16.2 Å². The molecule has 2 amide bonds. The fourth-order valence-electron chi connectivity index (χ4n) is 2.39. The summed E-state index contributed by atoms with van der Waals surface area (Å²) in [5.74, 6) is 0.553. The Morgan fingerprint density at radius 1 is 1.31 bits per heavy atom. The standard InChI is InChI=1S/C16H15N7O3/c1-11-13(5-2-6-14(11)23(25)26)21-16(24)19-8-12-4-3-7-18-15(12)22-10-17-9-20-22/h2-7,9-10H,8H2,1H3,(H2,19,21,24). The maximum Gasteiger partial charge on any atom is 0.319 e. The van der Waals surface area contributed by atoms with Crippen LogP contribution in [0.4, 0.5) is 16.2 Å². The Morgan fingerprint density at radius 3 is 2.88 bits per heavy atom. The Kier molecular flexibility index (Phi) is 4.83. The molecule has 3 aromatic rings. The van der Waals surface area contributed by atoms with Gasteiger partial charge in [0, 0.05) is 24.4 Å². The summed E-state index contributed by atoms with van der Waals surface area (Å²) >= 11 is 0. The number of nitrogens with one attached hydrogen (secondary N) is 2. The van der Waals surface area contributed by atoms with E-state index in [-0.39, 0.29) is 12.2 Å². The van der Waals surface area contributed by atoms with Gasteiger partial charge >= 0.3 is 6.03 Å². The lowest BCUT2D eigenvalue weighted by Gasteiger charge is -2.11. The van der Waals surface area contributed by atoms with Crippen LogP contribution in [0.2, 0.25) is 0 Å². The van der Waals surface area contributed by atoms with E-state index in [1.165, 1.54) is 29.5 Å². The van der Waals surface area contributed by atoms with Crippen molar-refractivity contribution in [3.05, 3.63) is 70.4 Å². The monoisotopic (exact) mass is 353 g/mol. The average Bonchev–Trinajstić information content (AvgIpc) is 3.16. The number of carbonyl (C=O) groups is 1. The van der Waals surface area contributed by atoms with Crippen LogP contribution in [0.1, 0.15) is 11.1 Å². The van der Waals surface area contributed by atoms with Crippen molar-refractivity contribution in [3.8, 4) is 5.82 Å². The number of nitro benzene ring substituents is 1. The molecule has 0 aliphatic rings. The molecular formula is C16H15N7O3. The lowest BCUT2D eigenvalue weighted by molar-refractivity contribution is -0.385. The van der Waals surface area contributed by atoms with Crippen LogP contribution in [0, 0.1) is 17.0 Å². The highest BCUT2D eigenvalue weighted by atomic mass is 16.6. The number of hydrogen-bond acceptors (Lipinski definition) is 6. The van der Waals surface area contributed by atoms with E-state index in [1.54, 1.807) is 25.3 Å². The number of benzene rings is 1. The van der Waals surface area contributed by atoms with Gasteiger partial charge in [0.1, 0.15) is 12.7 Å². The van der Waals surface area contributed by atoms with Gasteiger partial charge in [0.15, 0.2) is 5.82 Å². The Morgan fingerprint density at radius 2 is 2.15 bits per heavy atom. The van der Waals surface area contributed by atoms with Crippen molar-refractivity contribution in [1.29, 1.82) is 0 Å². The highest BCUT2D eigenvalue weighted by Gasteiger charge is 2.15. The second kappa shape index (κ2) is 7.38. The molecule has 0 saturated carbocycles. The molecule has 2 aromatic heterocycles. The first kappa shape index (κ1) is 17.0. The summed E-state index contributed by atoms with van der Waals surface area (Å²) in [6.45, 7) is 1.78. The first-order valence-corrected chi connectivity index (χ1v) is 7.64. The average molecular weight is 353 g/mol. The van der Waals surface area contributed by atoms with Crippen LogP contribution < -0.4 is 10.6 Å². The molecule has 2 N–H and O–H groups in total. The number of carbonyl (C=O) groups excluding carboxylic acids is 1. The molecule has 26 heavy (non-hydrogen) atoms. The third kappa shape index (κ3) is 3.64. The predicted octanol–water partition coefficient (Wildman–Crippen LogP) is 2.20. The second-order valence-electron chi connectivity index (χ2n) is 5.34. The van der Waals surface area contributed by atoms with Crippen LogP contribution in [0.5, 0.6) is 0 Å². The van der Waals surface area contributed by atoms with Crippen LogP contribution >= 0.6 is 0 Å². The van der Waals surface area contributed by atoms with Crippen LogP contribution in [0.25, 0.3) is 5.82 Å². The first-order chi connectivity index (χ1) is 12.6. The normalized spacial score (nSPS) is 10.3. The van der Waals surface area contributed by atoms with Gasteiger partial charge < -0.3 is 10.6 Å². The minimum Gasteiger partial charge on any atom is -0.334 e. The SMILES string of the molecule is Cc1c(NC(=O)NCc2cccnc2-n2cncn2)cccc1[N+](=O)[O-]. The minimum atomic E-state index is -0.488. The third-order valence-electron chi connectivity index (χ3n) is 3.69. The number of anilines is 1. The van der Waals surface area contributed by atoms with Crippen molar-refractivity contribution in [2.24, 2.45) is 0 Å². The molecule has 0 bridgehead atoms. The van der Waals surface area contributed by atoms with Crippen molar-refractivity contribution in [2.75, 3.05) is 5.32 Å². The summed E-state index contributed by atoms with van der Waals surface area (Å²) in [7, 11) is 0. The van der Waals surface area contributed by atoms with E-state index in [4.69, 9.17) is 0 Å². The van der Waals surface area contributed by atoms with E-state index in [2.05, 4.69) is 25.7 Å². The summed E-state index contributed by atoms with van der Waals surface area (Å²) in [4.78, 5) is 30.8. The summed E-state index contributed by atoms with van der Waals surface area (Å²) in [5, 5.41) is 20.3. The lowest BCUT2D eigenvalue weighted by atomic mass is 10.1. The Bertz CT molecular complexity index is 941. The molecule has 0 aliphatic carbocycles. The summed E-state index contributed by atoms with van der Waals surface area (Å²) in [6.07, 6.45) is 4.52. The number of urea groups is 1.